The Morgan fingerprint density at radius 2 is 2.18 bits per heavy atom. The molecule has 17 heavy (non-hydrogen) atoms. The average Bonchev–Trinajstić information content (AvgIpc) is 2.30. The molecule has 0 aliphatic rings. The number of hydrogen-bond donors (Lipinski definition) is 1. The quantitative estimate of drug-likeness (QED) is 0.866. The van der Waals surface area contributed by atoms with Crippen LogP contribution in [0.4, 0.5) is 0 Å². The van der Waals surface area contributed by atoms with E-state index in [0.717, 1.165) is 0 Å². The maximum Gasteiger partial charge on any atom is 0.336 e. The van der Waals surface area contributed by atoms with Gasteiger partial charge in [0.2, 0.25) is 0 Å². The van der Waals surface area contributed by atoms with Crippen molar-refractivity contribution in [1.82, 2.24) is 9.97 Å². The van der Waals surface area contributed by atoms with Gasteiger partial charge in [0.15, 0.2) is 0 Å². The SMILES string of the molecule is O=C(O)c1ccc(Cl)cc1Sc1ccncn1. The van der Waals surface area contributed by atoms with Gasteiger partial charge in [-0.1, -0.05) is 23.4 Å². The molecular formula is C11H7ClN2O2S. The monoisotopic (exact) mass is 266 g/mol. The summed E-state index contributed by atoms with van der Waals surface area (Å²) in [5.74, 6) is -0.988. The van der Waals surface area contributed by atoms with Crippen molar-refractivity contribution < 1.29 is 9.90 Å². The number of carbonyl (C=O) groups is 1. The zero-order valence-corrected chi connectivity index (χ0v) is 10.1. The topological polar surface area (TPSA) is 63.1 Å². The van der Waals surface area contributed by atoms with E-state index in [1.165, 1.54) is 24.2 Å². The van der Waals surface area contributed by atoms with Gasteiger partial charge < -0.3 is 5.11 Å². The van der Waals surface area contributed by atoms with Crippen molar-refractivity contribution in [2.75, 3.05) is 0 Å². The Hall–Kier alpha value is -1.59. The molecule has 0 aliphatic carbocycles. The molecule has 0 bridgehead atoms. The number of rotatable bonds is 3. The molecule has 2 rings (SSSR count). The van der Waals surface area contributed by atoms with Gasteiger partial charge in [-0.3, -0.25) is 0 Å². The summed E-state index contributed by atoms with van der Waals surface area (Å²) in [5.41, 5.74) is 0.206. The molecule has 0 unspecified atom stereocenters. The lowest BCUT2D eigenvalue weighted by atomic mass is 10.2. The fourth-order valence-electron chi connectivity index (χ4n) is 1.21. The first-order valence-corrected chi connectivity index (χ1v) is 5.83. The summed E-state index contributed by atoms with van der Waals surface area (Å²) in [4.78, 5) is 19.4. The molecule has 0 fully saturated rings. The molecule has 1 N–H and O–H groups in total. The maximum atomic E-state index is 11.0. The smallest absolute Gasteiger partial charge is 0.336 e. The van der Waals surface area contributed by atoms with Crippen LogP contribution < -0.4 is 0 Å². The van der Waals surface area contributed by atoms with Crippen molar-refractivity contribution in [2.45, 2.75) is 9.92 Å². The van der Waals surface area contributed by atoms with E-state index in [1.807, 2.05) is 0 Å². The summed E-state index contributed by atoms with van der Waals surface area (Å²) < 4.78 is 0. The van der Waals surface area contributed by atoms with Crippen molar-refractivity contribution in [3.63, 3.8) is 0 Å². The zero-order chi connectivity index (χ0) is 12.3. The largest absolute Gasteiger partial charge is 0.478 e. The van der Waals surface area contributed by atoms with E-state index < -0.39 is 5.97 Å². The van der Waals surface area contributed by atoms with Crippen molar-refractivity contribution in [1.29, 1.82) is 0 Å². The molecule has 0 saturated heterocycles. The molecule has 6 heteroatoms. The second-order valence-electron chi connectivity index (χ2n) is 3.10. The van der Waals surface area contributed by atoms with Crippen LogP contribution >= 0.6 is 23.4 Å². The Morgan fingerprint density at radius 3 is 2.82 bits per heavy atom. The second-order valence-corrected chi connectivity index (χ2v) is 4.59. The van der Waals surface area contributed by atoms with Crippen LogP contribution in [0.2, 0.25) is 5.02 Å². The number of hydrogen-bond acceptors (Lipinski definition) is 4. The first kappa shape index (κ1) is 11.9. The maximum absolute atomic E-state index is 11.0. The molecule has 0 saturated carbocycles. The minimum Gasteiger partial charge on any atom is -0.478 e. The van der Waals surface area contributed by atoms with Gasteiger partial charge in [0.25, 0.3) is 0 Å². The predicted octanol–water partition coefficient (Wildman–Crippen LogP) is 2.98. The Bertz CT molecular complexity index is 548. The fourth-order valence-corrected chi connectivity index (χ4v) is 2.35. The van der Waals surface area contributed by atoms with Crippen LogP contribution in [0.5, 0.6) is 0 Å². The van der Waals surface area contributed by atoms with E-state index in [2.05, 4.69) is 9.97 Å². The molecule has 1 aromatic heterocycles. The van der Waals surface area contributed by atoms with Crippen LogP contribution in [0.3, 0.4) is 0 Å². The van der Waals surface area contributed by atoms with Gasteiger partial charge in [-0.05, 0) is 24.3 Å². The average molecular weight is 267 g/mol. The summed E-state index contributed by atoms with van der Waals surface area (Å²) in [7, 11) is 0. The molecule has 86 valence electrons. The van der Waals surface area contributed by atoms with Crippen LogP contribution in [0.25, 0.3) is 0 Å². The molecule has 0 atom stereocenters. The highest BCUT2D eigenvalue weighted by molar-refractivity contribution is 7.99. The van der Waals surface area contributed by atoms with E-state index in [1.54, 1.807) is 24.4 Å². The third-order valence-electron chi connectivity index (χ3n) is 1.94. The van der Waals surface area contributed by atoms with E-state index in [9.17, 15) is 4.79 Å². The highest BCUT2D eigenvalue weighted by atomic mass is 35.5. The third kappa shape index (κ3) is 2.95. The lowest BCUT2D eigenvalue weighted by molar-refractivity contribution is 0.0693. The van der Waals surface area contributed by atoms with Gasteiger partial charge in [-0.2, -0.15) is 0 Å². The van der Waals surface area contributed by atoms with E-state index >= 15 is 0 Å². The lowest BCUT2D eigenvalue weighted by Crippen LogP contribution is -1.98. The van der Waals surface area contributed by atoms with Gasteiger partial charge in [0.05, 0.1) is 5.56 Å². The van der Waals surface area contributed by atoms with E-state index in [0.29, 0.717) is 14.9 Å². The zero-order valence-electron chi connectivity index (χ0n) is 8.50. The minimum absolute atomic E-state index is 0.206. The van der Waals surface area contributed by atoms with Crippen molar-refractivity contribution in [2.24, 2.45) is 0 Å². The van der Waals surface area contributed by atoms with Crippen LogP contribution in [-0.2, 0) is 0 Å². The predicted molar refractivity (Wildman–Crippen MR) is 64.6 cm³/mol. The number of aromatic nitrogens is 2. The molecule has 0 spiro atoms. The highest BCUT2D eigenvalue weighted by Gasteiger charge is 2.12. The van der Waals surface area contributed by atoms with Crippen LogP contribution in [0.15, 0.2) is 46.7 Å². The minimum atomic E-state index is -0.988. The fraction of sp³-hybridized carbons (Fsp3) is 0. The van der Waals surface area contributed by atoms with Crippen LogP contribution in [0.1, 0.15) is 10.4 Å². The number of benzene rings is 1. The Morgan fingerprint density at radius 1 is 1.35 bits per heavy atom. The first-order valence-electron chi connectivity index (χ1n) is 4.63. The Labute approximate surface area is 107 Å². The van der Waals surface area contributed by atoms with Gasteiger partial charge in [-0.25, -0.2) is 14.8 Å². The van der Waals surface area contributed by atoms with Crippen molar-refractivity contribution >= 4 is 29.3 Å². The molecule has 1 aromatic carbocycles. The van der Waals surface area contributed by atoms with Gasteiger partial charge in [0.1, 0.15) is 11.4 Å². The molecule has 4 nitrogen and oxygen atoms in total. The van der Waals surface area contributed by atoms with Gasteiger partial charge in [0, 0.05) is 16.1 Å². The third-order valence-corrected chi connectivity index (χ3v) is 3.19. The number of aromatic carboxylic acids is 1. The molecular weight excluding hydrogens is 260 g/mol. The summed E-state index contributed by atoms with van der Waals surface area (Å²) in [6, 6.07) is 6.35. The number of carboxylic acids is 1. The summed E-state index contributed by atoms with van der Waals surface area (Å²) >= 11 is 7.09. The van der Waals surface area contributed by atoms with Crippen molar-refractivity contribution in [3.05, 3.63) is 47.4 Å². The summed E-state index contributed by atoms with van der Waals surface area (Å²) in [6.45, 7) is 0. The number of nitrogens with zero attached hydrogens (tertiary/aromatic N) is 2. The van der Waals surface area contributed by atoms with E-state index in [-0.39, 0.29) is 5.56 Å². The van der Waals surface area contributed by atoms with E-state index in [4.69, 9.17) is 16.7 Å². The Kier molecular flexibility index (Phi) is 3.61. The molecule has 0 aliphatic heterocycles. The standard InChI is InChI=1S/C11H7ClN2O2S/c12-7-1-2-8(11(15)16)9(5-7)17-10-3-4-13-6-14-10/h1-6H,(H,15,16). The highest BCUT2D eigenvalue weighted by Crippen LogP contribution is 2.30. The lowest BCUT2D eigenvalue weighted by Gasteiger charge is -2.05. The van der Waals surface area contributed by atoms with Crippen molar-refractivity contribution in [3.8, 4) is 0 Å². The number of halogens is 1. The molecule has 2 aromatic rings. The first-order chi connectivity index (χ1) is 8.16. The molecule has 0 amide bonds. The summed E-state index contributed by atoms with van der Waals surface area (Å²) in [6.07, 6.45) is 3.01. The van der Waals surface area contributed by atoms with Crippen LogP contribution in [0, 0.1) is 0 Å². The van der Waals surface area contributed by atoms with Gasteiger partial charge in [-0.15, -0.1) is 0 Å². The van der Waals surface area contributed by atoms with Crippen LogP contribution in [-0.4, -0.2) is 21.0 Å². The molecule has 1 heterocycles. The normalized spacial score (nSPS) is 10.2. The van der Waals surface area contributed by atoms with Gasteiger partial charge >= 0.3 is 5.97 Å². The summed E-state index contributed by atoms with van der Waals surface area (Å²) in [5, 5.41) is 10.2. The molecule has 0 radical (unpaired) electrons. The Balaban J connectivity index is 2.37. The number of carboxylic acid groups (broad SMARTS) is 1. The second kappa shape index (κ2) is 5.16.